The zero-order chi connectivity index (χ0) is 14.1. The van der Waals surface area contributed by atoms with Crippen molar-refractivity contribution in [3.05, 3.63) is 34.1 Å². The molecule has 0 saturated heterocycles. The van der Waals surface area contributed by atoms with Gasteiger partial charge in [-0.3, -0.25) is 0 Å². The van der Waals surface area contributed by atoms with E-state index in [4.69, 9.17) is 10.8 Å². The maximum absolute atomic E-state index is 13.6. The molecule has 0 saturated carbocycles. The molecular formula is C11H12BrF4NO. The summed E-state index contributed by atoms with van der Waals surface area (Å²) >= 11 is 2.97. The van der Waals surface area contributed by atoms with E-state index in [0.717, 1.165) is 12.1 Å². The van der Waals surface area contributed by atoms with Crippen LogP contribution in [-0.2, 0) is 5.54 Å². The van der Waals surface area contributed by atoms with Crippen molar-refractivity contribution in [3.63, 3.8) is 0 Å². The Kier molecular flexibility index (Phi) is 4.40. The minimum absolute atomic E-state index is 0.281. The summed E-state index contributed by atoms with van der Waals surface area (Å²) < 4.78 is 53.0. The van der Waals surface area contributed by atoms with Crippen LogP contribution >= 0.6 is 15.9 Å². The van der Waals surface area contributed by atoms with Crippen LogP contribution in [-0.4, -0.2) is 17.4 Å². The Morgan fingerprint density at radius 3 is 2.39 bits per heavy atom. The van der Waals surface area contributed by atoms with Gasteiger partial charge in [0, 0.05) is 16.5 Å². The molecule has 0 amide bonds. The summed E-state index contributed by atoms with van der Waals surface area (Å²) in [7, 11) is 0. The van der Waals surface area contributed by atoms with Crippen molar-refractivity contribution < 1.29 is 22.7 Å². The number of halogens is 5. The van der Waals surface area contributed by atoms with Gasteiger partial charge in [0.05, 0.1) is 6.10 Å². The summed E-state index contributed by atoms with van der Waals surface area (Å²) in [4.78, 5) is 0. The second-order valence-electron chi connectivity index (χ2n) is 4.15. The minimum atomic E-state index is -4.87. The maximum Gasteiger partial charge on any atom is 0.410 e. The van der Waals surface area contributed by atoms with E-state index in [2.05, 4.69) is 15.9 Å². The molecule has 2 nitrogen and oxygen atoms in total. The van der Waals surface area contributed by atoms with Crippen LogP contribution in [0.5, 0.6) is 0 Å². The predicted molar refractivity (Wildman–Crippen MR) is 62.3 cm³/mol. The summed E-state index contributed by atoms with van der Waals surface area (Å²) in [6.45, 7) is 1.17. The fraction of sp³-hybridized carbons (Fsp3) is 0.455. The second-order valence-corrected chi connectivity index (χ2v) is 5.06. The van der Waals surface area contributed by atoms with Gasteiger partial charge < -0.3 is 10.8 Å². The lowest BCUT2D eigenvalue weighted by molar-refractivity contribution is -0.197. The monoisotopic (exact) mass is 329 g/mol. The molecule has 7 heteroatoms. The van der Waals surface area contributed by atoms with Crippen molar-refractivity contribution in [2.24, 2.45) is 5.73 Å². The normalized spacial score (nSPS) is 17.3. The van der Waals surface area contributed by atoms with Gasteiger partial charge in [0.25, 0.3) is 0 Å². The summed E-state index contributed by atoms with van der Waals surface area (Å²) in [5, 5.41) is 9.16. The third kappa shape index (κ3) is 3.02. The van der Waals surface area contributed by atoms with E-state index in [1.165, 1.54) is 13.0 Å². The van der Waals surface area contributed by atoms with Crippen LogP contribution in [0.15, 0.2) is 22.7 Å². The van der Waals surface area contributed by atoms with Gasteiger partial charge in [-0.2, -0.15) is 13.2 Å². The molecule has 0 aliphatic carbocycles. The summed E-state index contributed by atoms with van der Waals surface area (Å²) in [6, 6.07) is 3.15. The standard InChI is InChI=1S/C11H12BrF4NO/c1-6(18)5-10(17,11(14,15)16)8-4-7(12)2-3-9(8)13/h2-4,6,18H,5,17H2,1H3/t6-,10+/m1/s1. The van der Waals surface area contributed by atoms with Crippen LogP contribution in [0.2, 0.25) is 0 Å². The van der Waals surface area contributed by atoms with Crippen LogP contribution in [0, 0.1) is 5.82 Å². The van der Waals surface area contributed by atoms with Gasteiger partial charge in [0.1, 0.15) is 11.4 Å². The van der Waals surface area contributed by atoms with Crippen molar-refractivity contribution in [1.82, 2.24) is 0 Å². The molecule has 0 unspecified atom stereocenters. The Balaban J connectivity index is 3.39. The van der Waals surface area contributed by atoms with E-state index < -0.39 is 35.6 Å². The lowest BCUT2D eigenvalue weighted by Gasteiger charge is -2.33. The van der Waals surface area contributed by atoms with Crippen LogP contribution in [0.4, 0.5) is 17.6 Å². The molecule has 18 heavy (non-hydrogen) atoms. The average Bonchev–Trinajstić information content (AvgIpc) is 2.18. The number of benzene rings is 1. The van der Waals surface area contributed by atoms with Gasteiger partial charge in [0.2, 0.25) is 0 Å². The molecule has 0 spiro atoms. The smallest absolute Gasteiger partial charge is 0.393 e. The molecule has 0 heterocycles. The fourth-order valence-electron chi connectivity index (χ4n) is 1.68. The minimum Gasteiger partial charge on any atom is -0.393 e. The first-order valence-electron chi connectivity index (χ1n) is 5.07. The van der Waals surface area contributed by atoms with Crippen LogP contribution in [0.25, 0.3) is 0 Å². The molecule has 2 atom stereocenters. The third-order valence-electron chi connectivity index (χ3n) is 2.53. The number of hydrogen-bond acceptors (Lipinski definition) is 2. The number of aliphatic hydroxyl groups is 1. The van der Waals surface area contributed by atoms with E-state index in [0.29, 0.717) is 0 Å². The lowest BCUT2D eigenvalue weighted by atomic mass is 9.84. The highest BCUT2D eigenvalue weighted by Gasteiger charge is 2.54. The number of alkyl halides is 3. The first kappa shape index (κ1) is 15.4. The Bertz CT molecular complexity index is 436. The SMILES string of the molecule is C[C@@H](O)C[C@](N)(c1cc(Br)ccc1F)C(F)(F)F. The molecular weight excluding hydrogens is 318 g/mol. The number of aliphatic hydroxyl groups excluding tert-OH is 1. The maximum atomic E-state index is 13.6. The third-order valence-corrected chi connectivity index (χ3v) is 3.03. The molecule has 0 fully saturated rings. The van der Waals surface area contributed by atoms with Gasteiger partial charge >= 0.3 is 6.18 Å². The van der Waals surface area contributed by atoms with Gasteiger partial charge in [-0.25, -0.2) is 4.39 Å². The van der Waals surface area contributed by atoms with E-state index in [9.17, 15) is 17.6 Å². The van der Waals surface area contributed by atoms with Crippen LogP contribution < -0.4 is 5.73 Å². The zero-order valence-corrected chi connectivity index (χ0v) is 11.0. The Hall–Kier alpha value is -0.660. The molecule has 0 radical (unpaired) electrons. The van der Waals surface area contributed by atoms with Gasteiger partial charge in [-0.05, 0) is 25.1 Å². The quantitative estimate of drug-likeness (QED) is 0.837. The number of hydrogen-bond donors (Lipinski definition) is 2. The first-order chi connectivity index (χ1) is 8.08. The van der Waals surface area contributed by atoms with Crippen molar-refractivity contribution >= 4 is 15.9 Å². The summed E-state index contributed by atoms with van der Waals surface area (Å²) in [5.41, 5.74) is 1.71. The molecule has 1 aromatic carbocycles. The number of rotatable bonds is 3. The van der Waals surface area contributed by atoms with E-state index in [1.807, 2.05) is 0 Å². The van der Waals surface area contributed by atoms with Crippen molar-refractivity contribution in [1.29, 1.82) is 0 Å². The molecule has 0 aliphatic rings. The summed E-state index contributed by atoms with van der Waals surface area (Å²) in [6.07, 6.45) is -7.00. The van der Waals surface area contributed by atoms with E-state index >= 15 is 0 Å². The molecule has 0 aromatic heterocycles. The molecule has 1 rings (SSSR count). The topological polar surface area (TPSA) is 46.2 Å². The van der Waals surface area contributed by atoms with Crippen LogP contribution in [0.1, 0.15) is 18.9 Å². The van der Waals surface area contributed by atoms with Crippen molar-refractivity contribution in [2.75, 3.05) is 0 Å². The Labute approximate surface area is 110 Å². The highest BCUT2D eigenvalue weighted by atomic mass is 79.9. The molecule has 102 valence electrons. The Morgan fingerprint density at radius 1 is 1.39 bits per heavy atom. The molecule has 0 aliphatic heterocycles. The fourth-order valence-corrected chi connectivity index (χ4v) is 2.04. The highest BCUT2D eigenvalue weighted by molar-refractivity contribution is 9.10. The second kappa shape index (κ2) is 5.14. The number of nitrogens with two attached hydrogens (primary N) is 1. The largest absolute Gasteiger partial charge is 0.410 e. The zero-order valence-electron chi connectivity index (χ0n) is 9.43. The van der Waals surface area contributed by atoms with Crippen molar-refractivity contribution in [3.8, 4) is 0 Å². The average molecular weight is 330 g/mol. The van der Waals surface area contributed by atoms with Crippen LogP contribution in [0.3, 0.4) is 0 Å². The lowest BCUT2D eigenvalue weighted by Crippen LogP contribution is -2.52. The summed E-state index contributed by atoms with van der Waals surface area (Å²) in [5.74, 6) is -1.06. The Morgan fingerprint density at radius 2 is 1.94 bits per heavy atom. The molecule has 1 aromatic rings. The van der Waals surface area contributed by atoms with E-state index in [1.54, 1.807) is 0 Å². The molecule has 3 N–H and O–H groups in total. The first-order valence-corrected chi connectivity index (χ1v) is 5.86. The van der Waals surface area contributed by atoms with Gasteiger partial charge in [0.15, 0.2) is 0 Å². The van der Waals surface area contributed by atoms with Gasteiger partial charge in [-0.1, -0.05) is 15.9 Å². The predicted octanol–water partition coefficient (Wildman–Crippen LogP) is 3.08. The highest BCUT2D eigenvalue weighted by Crippen LogP contribution is 2.41. The van der Waals surface area contributed by atoms with E-state index in [-0.39, 0.29) is 4.47 Å². The van der Waals surface area contributed by atoms with Crippen molar-refractivity contribution in [2.45, 2.75) is 31.2 Å². The molecule has 0 bridgehead atoms. The van der Waals surface area contributed by atoms with Gasteiger partial charge in [-0.15, -0.1) is 0 Å².